The maximum absolute atomic E-state index is 12.6. The molecule has 1 fully saturated rings. The molecule has 2 aromatic rings. The third kappa shape index (κ3) is 5.07. The van der Waals surface area contributed by atoms with Crippen LogP contribution >= 0.6 is 0 Å². The van der Waals surface area contributed by atoms with E-state index in [4.69, 9.17) is 9.15 Å². The zero-order valence-electron chi connectivity index (χ0n) is 17.0. The first-order valence-electron chi connectivity index (χ1n) is 9.86. The number of carbonyl (C=O) groups is 3. The minimum Gasteiger partial charge on any atom is -0.467 e. The number of nitrogens with zero attached hydrogens (tertiary/aromatic N) is 1. The van der Waals surface area contributed by atoms with Crippen molar-refractivity contribution in [1.29, 1.82) is 0 Å². The van der Waals surface area contributed by atoms with Gasteiger partial charge in [0.2, 0.25) is 0 Å². The molecular formula is C21H27N3O5. The third-order valence-electron chi connectivity index (χ3n) is 5.27. The largest absolute Gasteiger partial charge is 0.467 e. The van der Waals surface area contributed by atoms with Gasteiger partial charge in [-0.15, -0.1) is 0 Å². The number of imide groups is 1. The summed E-state index contributed by atoms with van der Waals surface area (Å²) >= 11 is 0. The summed E-state index contributed by atoms with van der Waals surface area (Å²) in [7, 11) is 0. The average Bonchev–Trinajstić information content (AvgIpc) is 3.41. The lowest BCUT2D eigenvalue weighted by Crippen LogP contribution is -2.47. The predicted molar refractivity (Wildman–Crippen MR) is 106 cm³/mol. The highest BCUT2D eigenvalue weighted by atomic mass is 16.5. The smallest absolute Gasteiger partial charge is 0.340 e. The molecule has 1 atom stereocenters. The van der Waals surface area contributed by atoms with Crippen LogP contribution in [0.25, 0.3) is 0 Å². The highest BCUT2D eigenvalue weighted by Crippen LogP contribution is 2.19. The Hall–Kier alpha value is -3.03. The molecule has 8 nitrogen and oxygen atoms in total. The maximum Gasteiger partial charge on any atom is 0.340 e. The van der Waals surface area contributed by atoms with E-state index in [1.54, 1.807) is 12.3 Å². The van der Waals surface area contributed by atoms with Crippen LogP contribution < -0.4 is 10.6 Å². The van der Waals surface area contributed by atoms with Gasteiger partial charge in [0.05, 0.1) is 18.4 Å². The van der Waals surface area contributed by atoms with Gasteiger partial charge in [-0.2, -0.15) is 0 Å². The summed E-state index contributed by atoms with van der Waals surface area (Å²) in [5, 5.41) is 5.01. The third-order valence-corrected chi connectivity index (χ3v) is 5.27. The van der Waals surface area contributed by atoms with Crippen molar-refractivity contribution in [3.05, 3.63) is 47.2 Å². The number of amides is 3. The Morgan fingerprint density at radius 2 is 2.00 bits per heavy atom. The Labute approximate surface area is 169 Å². The molecule has 29 heavy (non-hydrogen) atoms. The second kappa shape index (κ2) is 8.98. The average molecular weight is 401 g/mol. The number of nitrogens with one attached hydrogen (secondary N) is 2. The van der Waals surface area contributed by atoms with E-state index in [2.05, 4.69) is 10.6 Å². The van der Waals surface area contributed by atoms with Crippen molar-refractivity contribution in [3.63, 3.8) is 0 Å². The fourth-order valence-electron chi connectivity index (χ4n) is 3.59. The zero-order valence-corrected chi connectivity index (χ0v) is 17.0. The normalized spacial score (nSPS) is 15.1. The number of urea groups is 1. The summed E-state index contributed by atoms with van der Waals surface area (Å²) in [6, 6.07) is 4.93. The standard InChI is InChI=1S/C21H27N3O5/c1-13-11-18(14(2)24(13)12-17-9-6-10-28-17)20(26)29-15(3)19(25)23-21(27)22-16-7-4-5-8-16/h6,9-11,15-16H,4-5,7-8,12H2,1-3H3,(H2,22,23,25,27)/t15-/m1/s1. The van der Waals surface area contributed by atoms with Gasteiger partial charge in [-0.3, -0.25) is 10.1 Å². The maximum atomic E-state index is 12.6. The molecule has 0 bridgehead atoms. The van der Waals surface area contributed by atoms with Crippen LogP contribution in [0.4, 0.5) is 4.79 Å². The summed E-state index contributed by atoms with van der Waals surface area (Å²) in [5.74, 6) is -0.492. The fourth-order valence-corrected chi connectivity index (χ4v) is 3.59. The van der Waals surface area contributed by atoms with Crippen molar-refractivity contribution in [2.75, 3.05) is 0 Å². The molecule has 0 radical (unpaired) electrons. The Morgan fingerprint density at radius 1 is 1.28 bits per heavy atom. The molecule has 0 aromatic carbocycles. The van der Waals surface area contributed by atoms with E-state index in [-0.39, 0.29) is 6.04 Å². The summed E-state index contributed by atoms with van der Waals surface area (Å²) in [5.41, 5.74) is 1.97. The molecule has 1 aliphatic rings. The van der Waals surface area contributed by atoms with Crippen LogP contribution in [0.2, 0.25) is 0 Å². The topological polar surface area (TPSA) is 103 Å². The van der Waals surface area contributed by atoms with Crippen LogP contribution in [0.3, 0.4) is 0 Å². The highest BCUT2D eigenvalue weighted by molar-refractivity contribution is 5.98. The van der Waals surface area contributed by atoms with Crippen LogP contribution in [0, 0.1) is 13.8 Å². The van der Waals surface area contributed by atoms with Gasteiger partial charge >= 0.3 is 12.0 Å². The lowest BCUT2D eigenvalue weighted by atomic mass is 10.2. The van der Waals surface area contributed by atoms with Gasteiger partial charge in [-0.1, -0.05) is 12.8 Å². The highest BCUT2D eigenvalue weighted by Gasteiger charge is 2.25. The monoisotopic (exact) mass is 401 g/mol. The molecule has 2 heterocycles. The molecular weight excluding hydrogens is 374 g/mol. The predicted octanol–water partition coefficient (Wildman–Crippen LogP) is 3.06. The molecule has 0 aliphatic heterocycles. The van der Waals surface area contributed by atoms with Gasteiger partial charge in [0, 0.05) is 17.4 Å². The first-order valence-corrected chi connectivity index (χ1v) is 9.86. The number of aryl methyl sites for hydroxylation is 1. The number of furan rings is 1. The molecule has 156 valence electrons. The Bertz CT molecular complexity index is 879. The summed E-state index contributed by atoms with van der Waals surface area (Å²) in [6.07, 6.45) is 4.49. The van der Waals surface area contributed by atoms with Crippen LogP contribution in [-0.4, -0.2) is 34.6 Å². The minimum absolute atomic E-state index is 0.0974. The van der Waals surface area contributed by atoms with Crippen molar-refractivity contribution >= 4 is 17.9 Å². The van der Waals surface area contributed by atoms with Crippen molar-refractivity contribution in [3.8, 4) is 0 Å². The van der Waals surface area contributed by atoms with Crippen LogP contribution in [0.1, 0.15) is 60.1 Å². The van der Waals surface area contributed by atoms with Crippen molar-refractivity contribution in [2.24, 2.45) is 0 Å². The minimum atomic E-state index is -1.09. The zero-order chi connectivity index (χ0) is 21.0. The van der Waals surface area contributed by atoms with E-state index in [9.17, 15) is 14.4 Å². The van der Waals surface area contributed by atoms with Gasteiger partial charge in [-0.25, -0.2) is 9.59 Å². The number of aromatic nitrogens is 1. The molecule has 2 aromatic heterocycles. The van der Waals surface area contributed by atoms with Gasteiger partial charge < -0.3 is 19.0 Å². The lowest BCUT2D eigenvalue weighted by molar-refractivity contribution is -0.127. The summed E-state index contributed by atoms with van der Waals surface area (Å²) in [6.45, 7) is 5.63. The quantitative estimate of drug-likeness (QED) is 0.724. The second-order valence-corrected chi connectivity index (χ2v) is 7.44. The van der Waals surface area contributed by atoms with Crippen LogP contribution in [0.5, 0.6) is 0 Å². The van der Waals surface area contributed by atoms with Crippen molar-refractivity contribution in [2.45, 2.75) is 65.1 Å². The van der Waals surface area contributed by atoms with E-state index in [0.29, 0.717) is 12.1 Å². The molecule has 2 N–H and O–H groups in total. The number of ether oxygens (including phenoxy) is 1. The van der Waals surface area contributed by atoms with Gasteiger partial charge in [0.25, 0.3) is 5.91 Å². The molecule has 3 rings (SSSR count). The molecule has 0 spiro atoms. The lowest BCUT2D eigenvalue weighted by Gasteiger charge is -2.15. The Kier molecular flexibility index (Phi) is 6.41. The molecule has 8 heteroatoms. The fraction of sp³-hybridized carbons (Fsp3) is 0.476. The van der Waals surface area contributed by atoms with Crippen molar-refractivity contribution < 1.29 is 23.5 Å². The van der Waals surface area contributed by atoms with E-state index >= 15 is 0 Å². The van der Waals surface area contributed by atoms with Crippen LogP contribution in [-0.2, 0) is 16.1 Å². The first kappa shape index (κ1) is 20.7. The summed E-state index contributed by atoms with van der Waals surface area (Å²) in [4.78, 5) is 36.7. The molecule has 3 amide bonds. The van der Waals surface area contributed by atoms with E-state index in [1.165, 1.54) is 6.92 Å². The number of carbonyl (C=O) groups excluding carboxylic acids is 3. The molecule has 0 saturated heterocycles. The molecule has 1 aliphatic carbocycles. The SMILES string of the molecule is Cc1cc(C(=O)O[C@H](C)C(=O)NC(=O)NC2CCCC2)c(C)n1Cc1ccco1. The number of hydrogen-bond acceptors (Lipinski definition) is 5. The number of rotatable bonds is 6. The van der Waals surface area contributed by atoms with Crippen molar-refractivity contribution in [1.82, 2.24) is 15.2 Å². The molecule has 1 saturated carbocycles. The number of esters is 1. The van der Waals surface area contributed by atoms with Gasteiger partial charge in [0.15, 0.2) is 6.10 Å². The van der Waals surface area contributed by atoms with E-state index in [0.717, 1.165) is 42.8 Å². The van der Waals surface area contributed by atoms with Gasteiger partial charge in [-0.05, 0) is 51.8 Å². The summed E-state index contributed by atoms with van der Waals surface area (Å²) < 4.78 is 12.6. The van der Waals surface area contributed by atoms with E-state index < -0.39 is 24.0 Å². The van der Waals surface area contributed by atoms with Gasteiger partial charge in [0.1, 0.15) is 5.76 Å². The second-order valence-electron chi connectivity index (χ2n) is 7.44. The molecule has 0 unspecified atom stereocenters. The first-order chi connectivity index (χ1) is 13.8. The number of hydrogen-bond donors (Lipinski definition) is 2. The van der Waals surface area contributed by atoms with E-state index in [1.807, 2.05) is 30.5 Å². The van der Waals surface area contributed by atoms with Crippen LogP contribution in [0.15, 0.2) is 28.9 Å². The Balaban J connectivity index is 1.57. The Morgan fingerprint density at radius 3 is 2.66 bits per heavy atom.